The van der Waals surface area contributed by atoms with Crippen molar-refractivity contribution in [2.75, 3.05) is 18.1 Å². The minimum absolute atomic E-state index is 0.0127. The summed E-state index contributed by atoms with van der Waals surface area (Å²) in [6.07, 6.45) is 1.45. The smallest absolute Gasteiger partial charge is 0.315 e. The number of nitrogens with one attached hydrogen (secondary N) is 2. The molecule has 1 aromatic heterocycles. The maximum atomic E-state index is 11.7. The number of hydrogen-bond donors (Lipinski definition) is 2. The van der Waals surface area contributed by atoms with E-state index in [2.05, 4.69) is 29.6 Å². The lowest BCUT2D eigenvalue weighted by molar-refractivity contribution is 0.237. The summed E-state index contributed by atoms with van der Waals surface area (Å²) in [6.45, 7) is 4.84. The van der Waals surface area contributed by atoms with E-state index in [0.717, 1.165) is 12.1 Å². The second-order valence-electron chi connectivity index (χ2n) is 6.22. The van der Waals surface area contributed by atoms with E-state index in [9.17, 15) is 13.2 Å². The van der Waals surface area contributed by atoms with E-state index < -0.39 is 9.84 Å². The number of rotatable bonds is 6. The van der Waals surface area contributed by atoms with Gasteiger partial charge in [-0.05, 0) is 24.7 Å². The number of nitrogens with zero attached hydrogens (tertiary/aromatic N) is 1. The van der Waals surface area contributed by atoms with Gasteiger partial charge < -0.3 is 15.2 Å². The lowest BCUT2D eigenvalue weighted by Crippen LogP contribution is -2.38. The van der Waals surface area contributed by atoms with Gasteiger partial charge in [-0.15, -0.1) is 0 Å². The summed E-state index contributed by atoms with van der Waals surface area (Å²) in [4.78, 5) is 11.7. The molecule has 2 N–H and O–H groups in total. The number of sulfone groups is 1. The van der Waals surface area contributed by atoms with Crippen molar-refractivity contribution >= 4 is 15.9 Å². The summed E-state index contributed by atoms with van der Waals surface area (Å²) in [6, 6.07) is 1.51. The van der Waals surface area contributed by atoms with Crippen LogP contribution in [0.15, 0.2) is 10.6 Å². The predicted molar refractivity (Wildman–Crippen MR) is 82.0 cm³/mol. The predicted octanol–water partition coefficient (Wildman–Crippen LogP) is 1.11. The topological polar surface area (TPSA) is 101 Å². The Kier molecular flexibility index (Phi) is 5.44. The van der Waals surface area contributed by atoms with Crippen molar-refractivity contribution in [3.8, 4) is 0 Å². The van der Waals surface area contributed by atoms with Gasteiger partial charge in [-0.1, -0.05) is 19.0 Å². The average molecular weight is 329 g/mol. The zero-order valence-corrected chi connectivity index (χ0v) is 13.8. The van der Waals surface area contributed by atoms with Crippen molar-refractivity contribution in [3.63, 3.8) is 0 Å². The minimum atomic E-state index is -2.90. The van der Waals surface area contributed by atoms with Gasteiger partial charge in [0.25, 0.3) is 0 Å². The third kappa shape index (κ3) is 5.32. The Morgan fingerprint density at radius 2 is 2.23 bits per heavy atom. The zero-order valence-electron chi connectivity index (χ0n) is 13.0. The van der Waals surface area contributed by atoms with Gasteiger partial charge in [-0.25, -0.2) is 13.2 Å². The second kappa shape index (κ2) is 7.13. The fourth-order valence-electron chi connectivity index (χ4n) is 2.45. The highest BCUT2D eigenvalue weighted by Gasteiger charge is 2.27. The molecule has 1 saturated heterocycles. The molecule has 0 spiro atoms. The highest BCUT2D eigenvalue weighted by Crippen LogP contribution is 2.17. The van der Waals surface area contributed by atoms with Crippen LogP contribution < -0.4 is 10.6 Å². The average Bonchev–Trinajstić information content (AvgIpc) is 2.99. The number of aromatic nitrogens is 1. The van der Waals surface area contributed by atoms with Gasteiger partial charge in [0.05, 0.1) is 23.7 Å². The first kappa shape index (κ1) is 16.8. The fourth-order valence-corrected chi connectivity index (χ4v) is 4.32. The van der Waals surface area contributed by atoms with Gasteiger partial charge in [0.1, 0.15) is 0 Å². The van der Waals surface area contributed by atoms with Crippen LogP contribution in [0.5, 0.6) is 0 Å². The lowest BCUT2D eigenvalue weighted by atomic mass is 10.1. The van der Waals surface area contributed by atoms with Crippen LogP contribution in [0, 0.1) is 11.8 Å². The largest absolute Gasteiger partial charge is 0.359 e. The van der Waals surface area contributed by atoms with Crippen LogP contribution in [-0.4, -0.2) is 37.7 Å². The summed E-state index contributed by atoms with van der Waals surface area (Å²) >= 11 is 0. The first-order valence-electron chi connectivity index (χ1n) is 7.50. The van der Waals surface area contributed by atoms with Gasteiger partial charge in [0, 0.05) is 12.6 Å². The van der Waals surface area contributed by atoms with E-state index in [1.165, 1.54) is 0 Å². The van der Waals surface area contributed by atoms with E-state index in [1.807, 2.05) is 6.07 Å². The van der Waals surface area contributed by atoms with E-state index >= 15 is 0 Å². The van der Waals surface area contributed by atoms with Crippen LogP contribution in [0.1, 0.15) is 31.7 Å². The highest BCUT2D eigenvalue weighted by atomic mass is 32.2. The maximum Gasteiger partial charge on any atom is 0.315 e. The first-order valence-corrected chi connectivity index (χ1v) is 9.33. The summed E-state index contributed by atoms with van der Waals surface area (Å²) in [5.74, 6) is 1.50. The molecule has 1 unspecified atom stereocenters. The standard InChI is InChI=1S/C14H23N3O4S/c1-10(2)5-12-6-13(21-17-12)8-16-14(18)15-7-11-3-4-22(19,20)9-11/h6,10-11H,3-5,7-9H2,1-2H3,(H2,15,16,18). The summed E-state index contributed by atoms with van der Waals surface area (Å²) in [5, 5.41) is 9.32. The van der Waals surface area contributed by atoms with Crippen LogP contribution in [0.4, 0.5) is 4.79 Å². The Hall–Kier alpha value is -1.57. The lowest BCUT2D eigenvalue weighted by Gasteiger charge is -2.09. The molecule has 1 aliphatic rings. The Balaban J connectivity index is 1.68. The molecule has 0 bridgehead atoms. The third-order valence-electron chi connectivity index (χ3n) is 3.53. The van der Waals surface area contributed by atoms with E-state index in [0.29, 0.717) is 24.6 Å². The van der Waals surface area contributed by atoms with Gasteiger partial charge in [0.2, 0.25) is 0 Å². The summed E-state index contributed by atoms with van der Waals surface area (Å²) in [7, 11) is -2.90. The Morgan fingerprint density at radius 1 is 1.45 bits per heavy atom. The quantitative estimate of drug-likeness (QED) is 0.814. The molecule has 124 valence electrons. The second-order valence-corrected chi connectivity index (χ2v) is 8.44. The van der Waals surface area contributed by atoms with Crippen LogP contribution in [0.2, 0.25) is 0 Å². The van der Waals surface area contributed by atoms with Gasteiger partial charge in [-0.2, -0.15) is 0 Å². The molecule has 0 aromatic carbocycles. The maximum absolute atomic E-state index is 11.7. The van der Waals surface area contributed by atoms with Crippen molar-refractivity contribution in [2.24, 2.45) is 11.8 Å². The number of carbonyl (C=O) groups is 1. The normalized spacial score (nSPS) is 20.2. The molecule has 7 nitrogen and oxygen atoms in total. The first-order chi connectivity index (χ1) is 10.3. The van der Waals surface area contributed by atoms with Gasteiger partial charge in [-0.3, -0.25) is 0 Å². The van der Waals surface area contributed by atoms with E-state index in [1.54, 1.807) is 0 Å². The van der Waals surface area contributed by atoms with Crippen LogP contribution in [0.25, 0.3) is 0 Å². The molecule has 22 heavy (non-hydrogen) atoms. The van der Waals surface area contributed by atoms with Crippen molar-refractivity contribution in [1.82, 2.24) is 15.8 Å². The van der Waals surface area contributed by atoms with E-state index in [4.69, 9.17) is 4.52 Å². The number of hydrogen-bond acceptors (Lipinski definition) is 5. The van der Waals surface area contributed by atoms with Gasteiger partial charge in [0.15, 0.2) is 15.6 Å². The number of amides is 2. The fraction of sp³-hybridized carbons (Fsp3) is 0.714. The SMILES string of the molecule is CC(C)Cc1cc(CNC(=O)NCC2CCS(=O)(=O)C2)on1. The molecular formula is C14H23N3O4S. The molecule has 1 aromatic rings. The van der Waals surface area contributed by atoms with E-state index in [-0.39, 0.29) is 30.0 Å². The molecule has 0 radical (unpaired) electrons. The molecule has 1 atom stereocenters. The molecular weight excluding hydrogens is 306 g/mol. The monoisotopic (exact) mass is 329 g/mol. The van der Waals surface area contributed by atoms with Crippen molar-refractivity contribution in [3.05, 3.63) is 17.5 Å². The van der Waals surface area contributed by atoms with Crippen molar-refractivity contribution < 1.29 is 17.7 Å². The molecule has 1 fully saturated rings. The Bertz CT molecular complexity index is 609. The Morgan fingerprint density at radius 3 is 2.86 bits per heavy atom. The number of carbonyl (C=O) groups excluding carboxylic acids is 1. The zero-order chi connectivity index (χ0) is 16.2. The summed E-state index contributed by atoms with van der Waals surface area (Å²) < 4.78 is 27.8. The highest BCUT2D eigenvalue weighted by molar-refractivity contribution is 7.91. The summed E-state index contributed by atoms with van der Waals surface area (Å²) in [5.41, 5.74) is 0.878. The molecule has 2 amide bonds. The number of urea groups is 1. The van der Waals surface area contributed by atoms with Gasteiger partial charge >= 0.3 is 6.03 Å². The molecule has 8 heteroatoms. The molecule has 0 saturated carbocycles. The van der Waals surface area contributed by atoms with Crippen molar-refractivity contribution in [1.29, 1.82) is 0 Å². The Labute approximate surface area is 130 Å². The minimum Gasteiger partial charge on any atom is -0.359 e. The van der Waals surface area contributed by atoms with Crippen LogP contribution in [0.3, 0.4) is 0 Å². The van der Waals surface area contributed by atoms with Crippen LogP contribution >= 0.6 is 0 Å². The molecule has 2 heterocycles. The van der Waals surface area contributed by atoms with Crippen LogP contribution in [-0.2, 0) is 22.8 Å². The molecule has 1 aliphatic heterocycles. The molecule has 2 rings (SSSR count). The van der Waals surface area contributed by atoms with Crippen molar-refractivity contribution in [2.45, 2.75) is 33.2 Å². The molecule has 0 aliphatic carbocycles. The third-order valence-corrected chi connectivity index (χ3v) is 5.36.